The molecule has 2 heterocycles. The van der Waals surface area contributed by atoms with Crippen LogP contribution in [0.15, 0.2) is 54.9 Å². The quantitative estimate of drug-likeness (QED) is 0.644. The summed E-state index contributed by atoms with van der Waals surface area (Å²) in [7, 11) is 0. The standard InChI is InChI=1S/C14H9ClN2/c15-10-6-8-17-14(9-10)12-3-1-5-13-11(12)4-2-7-16-13/h1-9H. The number of halogens is 1. The van der Waals surface area contributed by atoms with Crippen LogP contribution in [-0.2, 0) is 0 Å². The van der Waals surface area contributed by atoms with E-state index >= 15 is 0 Å². The maximum atomic E-state index is 5.99. The van der Waals surface area contributed by atoms with E-state index in [-0.39, 0.29) is 0 Å². The van der Waals surface area contributed by atoms with Crippen LogP contribution in [0.25, 0.3) is 22.2 Å². The fraction of sp³-hybridized carbons (Fsp3) is 0. The zero-order valence-electron chi connectivity index (χ0n) is 8.97. The molecular weight excluding hydrogens is 232 g/mol. The molecule has 0 bridgehead atoms. The van der Waals surface area contributed by atoms with E-state index in [1.165, 1.54) is 0 Å². The first kappa shape index (κ1) is 10.2. The second kappa shape index (κ2) is 4.15. The van der Waals surface area contributed by atoms with Crippen LogP contribution in [0.5, 0.6) is 0 Å². The van der Waals surface area contributed by atoms with Gasteiger partial charge in [0.05, 0.1) is 11.2 Å². The first-order chi connectivity index (χ1) is 8.34. The molecule has 3 rings (SSSR count). The molecule has 82 valence electrons. The zero-order chi connectivity index (χ0) is 11.7. The fourth-order valence-corrected chi connectivity index (χ4v) is 2.04. The summed E-state index contributed by atoms with van der Waals surface area (Å²) in [5, 5.41) is 1.78. The third-order valence-corrected chi connectivity index (χ3v) is 2.88. The summed E-state index contributed by atoms with van der Waals surface area (Å²) in [5.41, 5.74) is 2.89. The summed E-state index contributed by atoms with van der Waals surface area (Å²) in [6, 6.07) is 13.6. The molecule has 0 aliphatic rings. The molecule has 17 heavy (non-hydrogen) atoms. The van der Waals surface area contributed by atoms with Gasteiger partial charge in [-0.3, -0.25) is 9.97 Å². The average Bonchev–Trinajstić information content (AvgIpc) is 2.38. The highest BCUT2D eigenvalue weighted by Crippen LogP contribution is 2.27. The monoisotopic (exact) mass is 240 g/mol. The summed E-state index contributed by atoms with van der Waals surface area (Å²) >= 11 is 5.99. The van der Waals surface area contributed by atoms with Gasteiger partial charge in [0.25, 0.3) is 0 Å². The van der Waals surface area contributed by atoms with E-state index in [0.29, 0.717) is 5.02 Å². The molecule has 0 spiro atoms. The van der Waals surface area contributed by atoms with Crippen LogP contribution in [0.3, 0.4) is 0 Å². The summed E-state index contributed by atoms with van der Waals surface area (Å²) < 4.78 is 0. The minimum absolute atomic E-state index is 0.691. The molecule has 0 saturated heterocycles. The van der Waals surface area contributed by atoms with E-state index in [4.69, 9.17) is 11.6 Å². The second-order valence-corrected chi connectivity index (χ2v) is 4.17. The lowest BCUT2D eigenvalue weighted by atomic mass is 10.1. The number of hydrogen-bond acceptors (Lipinski definition) is 2. The maximum Gasteiger partial charge on any atom is 0.0723 e. The fourth-order valence-electron chi connectivity index (χ4n) is 1.88. The summed E-state index contributed by atoms with van der Waals surface area (Å²) in [6.45, 7) is 0. The van der Waals surface area contributed by atoms with Gasteiger partial charge < -0.3 is 0 Å². The Kier molecular flexibility index (Phi) is 2.50. The van der Waals surface area contributed by atoms with Gasteiger partial charge in [-0.05, 0) is 24.3 Å². The Morgan fingerprint density at radius 2 is 1.82 bits per heavy atom. The molecule has 0 unspecified atom stereocenters. The molecule has 0 fully saturated rings. The van der Waals surface area contributed by atoms with Crippen LogP contribution in [0, 0.1) is 0 Å². The number of fused-ring (bicyclic) bond motifs is 1. The molecule has 0 N–H and O–H groups in total. The Bertz CT molecular complexity index is 674. The van der Waals surface area contributed by atoms with Gasteiger partial charge in [-0.1, -0.05) is 29.8 Å². The minimum Gasteiger partial charge on any atom is -0.256 e. The number of benzene rings is 1. The number of rotatable bonds is 1. The lowest BCUT2D eigenvalue weighted by Crippen LogP contribution is -1.86. The van der Waals surface area contributed by atoms with Crippen LogP contribution in [-0.4, -0.2) is 9.97 Å². The molecule has 0 atom stereocenters. The van der Waals surface area contributed by atoms with Crippen molar-refractivity contribution in [2.24, 2.45) is 0 Å². The van der Waals surface area contributed by atoms with E-state index in [0.717, 1.165) is 22.2 Å². The van der Waals surface area contributed by atoms with E-state index in [9.17, 15) is 0 Å². The third-order valence-electron chi connectivity index (χ3n) is 2.64. The van der Waals surface area contributed by atoms with Crippen molar-refractivity contribution >= 4 is 22.5 Å². The Morgan fingerprint density at radius 1 is 0.882 bits per heavy atom. The summed E-state index contributed by atoms with van der Waals surface area (Å²) in [6.07, 6.45) is 3.50. The number of pyridine rings is 2. The first-order valence-corrected chi connectivity index (χ1v) is 5.68. The topological polar surface area (TPSA) is 25.8 Å². The van der Waals surface area contributed by atoms with Gasteiger partial charge in [-0.15, -0.1) is 0 Å². The Hall–Kier alpha value is -1.93. The minimum atomic E-state index is 0.691. The van der Waals surface area contributed by atoms with Gasteiger partial charge in [-0.25, -0.2) is 0 Å². The van der Waals surface area contributed by atoms with Gasteiger partial charge in [0.15, 0.2) is 0 Å². The van der Waals surface area contributed by atoms with E-state index in [1.54, 1.807) is 18.5 Å². The third kappa shape index (κ3) is 1.87. The van der Waals surface area contributed by atoms with E-state index in [1.807, 2.05) is 36.4 Å². The van der Waals surface area contributed by atoms with Crippen molar-refractivity contribution in [1.82, 2.24) is 9.97 Å². The maximum absolute atomic E-state index is 5.99. The number of hydrogen-bond donors (Lipinski definition) is 0. The Labute approximate surface area is 104 Å². The molecule has 3 aromatic rings. The highest BCUT2D eigenvalue weighted by Gasteiger charge is 2.05. The van der Waals surface area contributed by atoms with Crippen LogP contribution < -0.4 is 0 Å². The van der Waals surface area contributed by atoms with Crippen molar-refractivity contribution in [2.75, 3.05) is 0 Å². The van der Waals surface area contributed by atoms with Crippen molar-refractivity contribution in [3.05, 3.63) is 59.9 Å². The van der Waals surface area contributed by atoms with Crippen LogP contribution in [0.1, 0.15) is 0 Å². The lowest BCUT2D eigenvalue weighted by molar-refractivity contribution is 1.33. The van der Waals surface area contributed by atoms with E-state index < -0.39 is 0 Å². The lowest BCUT2D eigenvalue weighted by Gasteiger charge is -2.05. The van der Waals surface area contributed by atoms with Gasteiger partial charge >= 0.3 is 0 Å². The largest absolute Gasteiger partial charge is 0.256 e. The molecular formula is C14H9ClN2. The predicted molar refractivity (Wildman–Crippen MR) is 70.0 cm³/mol. The zero-order valence-corrected chi connectivity index (χ0v) is 9.72. The van der Waals surface area contributed by atoms with Crippen LogP contribution in [0.4, 0.5) is 0 Å². The molecule has 0 radical (unpaired) electrons. The molecule has 3 heteroatoms. The Morgan fingerprint density at radius 3 is 2.71 bits per heavy atom. The van der Waals surface area contributed by atoms with Crippen molar-refractivity contribution in [2.45, 2.75) is 0 Å². The van der Waals surface area contributed by atoms with Crippen LogP contribution in [0.2, 0.25) is 5.02 Å². The van der Waals surface area contributed by atoms with Crippen molar-refractivity contribution in [3.63, 3.8) is 0 Å². The average molecular weight is 241 g/mol. The normalized spacial score (nSPS) is 10.6. The van der Waals surface area contributed by atoms with Gasteiger partial charge in [0.1, 0.15) is 0 Å². The van der Waals surface area contributed by atoms with E-state index in [2.05, 4.69) is 9.97 Å². The van der Waals surface area contributed by atoms with Crippen molar-refractivity contribution in [3.8, 4) is 11.3 Å². The smallest absolute Gasteiger partial charge is 0.0723 e. The van der Waals surface area contributed by atoms with Crippen molar-refractivity contribution < 1.29 is 0 Å². The summed E-state index contributed by atoms with van der Waals surface area (Å²) in [5.74, 6) is 0. The van der Waals surface area contributed by atoms with Gasteiger partial charge in [-0.2, -0.15) is 0 Å². The first-order valence-electron chi connectivity index (χ1n) is 5.30. The molecule has 0 aliphatic heterocycles. The van der Waals surface area contributed by atoms with Crippen LogP contribution >= 0.6 is 11.6 Å². The molecule has 1 aromatic carbocycles. The van der Waals surface area contributed by atoms with Gasteiger partial charge in [0.2, 0.25) is 0 Å². The predicted octanol–water partition coefficient (Wildman–Crippen LogP) is 3.95. The summed E-state index contributed by atoms with van der Waals surface area (Å²) in [4.78, 5) is 8.68. The van der Waals surface area contributed by atoms with Crippen molar-refractivity contribution in [1.29, 1.82) is 0 Å². The molecule has 2 aromatic heterocycles. The number of aromatic nitrogens is 2. The highest BCUT2D eigenvalue weighted by atomic mass is 35.5. The van der Waals surface area contributed by atoms with Gasteiger partial charge in [0, 0.05) is 28.4 Å². The SMILES string of the molecule is Clc1ccnc(-c2cccc3ncccc23)c1. The molecule has 2 nitrogen and oxygen atoms in total. The number of nitrogens with zero attached hydrogens (tertiary/aromatic N) is 2. The highest BCUT2D eigenvalue weighted by molar-refractivity contribution is 6.30. The Balaban J connectivity index is 2.30. The second-order valence-electron chi connectivity index (χ2n) is 3.73. The molecule has 0 amide bonds. The molecule has 0 saturated carbocycles. The molecule has 0 aliphatic carbocycles.